The molecule has 0 saturated heterocycles. The molecule has 1 atom stereocenters. The molecule has 0 saturated carbocycles. The molecule has 5 nitrogen and oxygen atoms in total. The minimum atomic E-state index is -0.689. The highest BCUT2D eigenvalue weighted by molar-refractivity contribution is 6.33. The van der Waals surface area contributed by atoms with Crippen LogP contribution in [0.1, 0.15) is 15.2 Å². The number of likely N-dealkylation sites (N-methyl/N-ethyl adjacent to an activating group) is 1. The monoisotopic (exact) mass is 404 g/mol. The van der Waals surface area contributed by atoms with Gasteiger partial charge in [0.1, 0.15) is 17.4 Å². The predicted octanol–water partition coefficient (Wildman–Crippen LogP) is 4.64. The van der Waals surface area contributed by atoms with Crippen molar-refractivity contribution in [1.82, 2.24) is 0 Å². The first-order valence-corrected chi connectivity index (χ1v) is 8.99. The lowest BCUT2D eigenvalue weighted by Crippen LogP contribution is -2.37. The third-order valence-corrected chi connectivity index (χ3v) is 4.69. The minimum absolute atomic E-state index is 0.171. The molecule has 0 spiro atoms. The molecule has 7 heteroatoms. The Balaban J connectivity index is 2.11. The van der Waals surface area contributed by atoms with Crippen molar-refractivity contribution in [3.05, 3.63) is 63.7 Å². The molecular formula is C21H19ClFNO4. The largest absolute Gasteiger partial charge is 0.464 e. The van der Waals surface area contributed by atoms with E-state index < -0.39 is 23.5 Å². The maximum atomic E-state index is 13.4. The van der Waals surface area contributed by atoms with Gasteiger partial charge in [0, 0.05) is 42.7 Å². The van der Waals surface area contributed by atoms with Gasteiger partial charge in [-0.15, -0.1) is 0 Å². The van der Waals surface area contributed by atoms with Crippen LogP contribution in [-0.4, -0.2) is 25.6 Å². The lowest BCUT2D eigenvalue weighted by atomic mass is 10.0. The number of carbonyl (C=O) groups excluding carboxylic acids is 1. The van der Waals surface area contributed by atoms with Gasteiger partial charge in [-0.2, -0.15) is 0 Å². The summed E-state index contributed by atoms with van der Waals surface area (Å²) in [5.41, 5.74) is 1.19. The zero-order chi connectivity index (χ0) is 21.1. The van der Waals surface area contributed by atoms with Gasteiger partial charge in [0.25, 0.3) is 0 Å². The lowest BCUT2D eigenvalue weighted by molar-refractivity contribution is -0.144. The summed E-state index contributed by atoms with van der Waals surface area (Å²) in [5.74, 6) is -0.930. The molecular weight excluding hydrogens is 385 g/mol. The molecule has 3 aromatic rings. The van der Waals surface area contributed by atoms with E-state index in [-0.39, 0.29) is 24.2 Å². The van der Waals surface area contributed by atoms with E-state index >= 15 is 0 Å². The van der Waals surface area contributed by atoms with Gasteiger partial charge in [0.15, 0.2) is 0 Å². The van der Waals surface area contributed by atoms with Crippen LogP contribution in [-0.2, 0) is 9.53 Å². The summed E-state index contributed by atoms with van der Waals surface area (Å²) in [7, 11) is -0.195. The number of hydrogen-bond acceptors (Lipinski definition) is 5. The maximum Gasteiger partial charge on any atom is 0.336 e. The number of esters is 1. The van der Waals surface area contributed by atoms with Crippen LogP contribution in [0.2, 0.25) is 5.02 Å². The zero-order valence-corrected chi connectivity index (χ0v) is 16.1. The molecule has 0 bridgehead atoms. The molecule has 0 radical (unpaired) electrons. The Morgan fingerprint density at radius 1 is 1.29 bits per heavy atom. The number of hydrogen-bond donors (Lipinski definition) is 0. The van der Waals surface area contributed by atoms with Gasteiger partial charge in [-0.3, -0.25) is 0 Å². The van der Waals surface area contributed by atoms with Crippen LogP contribution >= 0.6 is 11.6 Å². The molecule has 1 heterocycles. The average Bonchev–Trinajstić information content (AvgIpc) is 2.68. The van der Waals surface area contributed by atoms with E-state index in [4.69, 9.17) is 22.1 Å². The van der Waals surface area contributed by atoms with Crippen molar-refractivity contribution < 1.29 is 19.7 Å². The highest BCUT2D eigenvalue weighted by Crippen LogP contribution is 2.34. The normalized spacial score (nSPS) is 12.5. The van der Waals surface area contributed by atoms with E-state index in [1.54, 1.807) is 32.0 Å². The fourth-order valence-corrected chi connectivity index (χ4v) is 3.14. The maximum absolute atomic E-state index is 13.4. The summed E-state index contributed by atoms with van der Waals surface area (Å²) in [6.07, 6.45) is 0. The van der Waals surface area contributed by atoms with Crippen molar-refractivity contribution in [1.29, 1.82) is 0 Å². The van der Waals surface area contributed by atoms with Crippen molar-refractivity contribution in [2.24, 2.45) is 0 Å². The molecule has 0 N–H and O–H groups in total. The molecule has 1 aromatic heterocycles. The van der Waals surface area contributed by atoms with Gasteiger partial charge in [-0.1, -0.05) is 11.6 Å². The van der Waals surface area contributed by atoms with E-state index in [9.17, 15) is 14.0 Å². The van der Waals surface area contributed by atoms with Gasteiger partial charge in [-0.25, -0.2) is 14.0 Å². The quantitative estimate of drug-likeness (QED) is 0.458. The van der Waals surface area contributed by atoms with Crippen LogP contribution in [0.25, 0.3) is 22.1 Å². The van der Waals surface area contributed by atoms with Crippen LogP contribution in [0.15, 0.2) is 51.7 Å². The Morgan fingerprint density at radius 2 is 2.07 bits per heavy atom. The lowest BCUT2D eigenvalue weighted by Gasteiger charge is -2.25. The molecule has 3 rings (SSSR count). The van der Waals surface area contributed by atoms with Crippen molar-refractivity contribution in [3.8, 4) is 11.1 Å². The molecule has 2 aromatic carbocycles. The van der Waals surface area contributed by atoms with Gasteiger partial charge < -0.3 is 14.1 Å². The van der Waals surface area contributed by atoms with Gasteiger partial charge in [0.05, 0.1) is 11.6 Å². The molecule has 0 aliphatic rings. The summed E-state index contributed by atoms with van der Waals surface area (Å²) in [5, 5.41) is 0.764. The number of fused-ring (bicyclic) bond motifs is 1. The molecule has 146 valence electrons. The van der Waals surface area contributed by atoms with E-state index in [0.717, 1.165) is 0 Å². The van der Waals surface area contributed by atoms with E-state index in [1.807, 2.05) is 0 Å². The Bertz CT molecular complexity index is 1120. The van der Waals surface area contributed by atoms with E-state index in [2.05, 4.69) is 0 Å². The van der Waals surface area contributed by atoms with Crippen molar-refractivity contribution in [2.45, 2.75) is 19.9 Å². The number of halogens is 2. The highest BCUT2D eigenvalue weighted by Gasteiger charge is 2.20. The van der Waals surface area contributed by atoms with E-state index in [1.165, 1.54) is 29.2 Å². The molecule has 28 heavy (non-hydrogen) atoms. The van der Waals surface area contributed by atoms with Crippen LogP contribution in [0.3, 0.4) is 0 Å². The predicted molar refractivity (Wildman–Crippen MR) is 107 cm³/mol. The van der Waals surface area contributed by atoms with Crippen LogP contribution in [0, 0.1) is 5.82 Å². The Hall–Kier alpha value is -2.86. The zero-order valence-electron chi connectivity index (χ0n) is 16.4. The molecule has 0 fully saturated rings. The Morgan fingerprint density at radius 3 is 2.75 bits per heavy atom. The highest BCUT2D eigenvalue weighted by atomic mass is 35.5. The van der Waals surface area contributed by atoms with Crippen molar-refractivity contribution in [3.63, 3.8) is 0 Å². The average molecular weight is 405 g/mol. The van der Waals surface area contributed by atoms with Crippen LogP contribution < -0.4 is 10.5 Å². The van der Waals surface area contributed by atoms with Crippen molar-refractivity contribution >= 4 is 34.2 Å². The summed E-state index contributed by atoms with van der Waals surface area (Å²) in [6.45, 7) is 3.59. The SMILES string of the molecule is [2H]CN(c1ccc2c(-c3ccc(F)cc3Cl)cc(=O)oc2c1)[C@@H](C)C(=O)OCC. The van der Waals surface area contributed by atoms with Gasteiger partial charge in [-0.05, 0) is 44.2 Å². The first-order chi connectivity index (χ1) is 13.8. The number of nitrogens with zero attached hydrogens (tertiary/aromatic N) is 1. The second-order valence-corrected chi connectivity index (χ2v) is 6.59. The molecule has 0 unspecified atom stereocenters. The fraction of sp³-hybridized carbons (Fsp3) is 0.238. The van der Waals surface area contributed by atoms with Gasteiger partial charge in [0.2, 0.25) is 0 Å². The summed E-state index contributed by atoms with van der Waals surface area (Å²) < 4.78 is 31.6. The second-order valence-electron chi connectivity index (χ2n) is 6.18. The number of rotatable bonds is 5. The van der Waals surface area contributed by atoms with Crippen LogP contribution in [0.4, 0.5) is 10.1 Å². The Kier molecular flexibility index (Phi) is 5.30. The third kappa shape index (κ3) is 3.87. The number of anilines is 1. The van der Waals surface area contributed by atoms with E-state index in [0.29, 0.717) is 22.2 Å². The summed E-state index contributed by atoms with van der Waals surface area (Å²) in [6, 6.07) is 9.56. The second kappa shape index (κ2) is 8.02. The van der Waals surface area contributed by atoms with Crippen LogP contribution in [0.5, 0.6) is 0 Å². The summed E-state index contributed by atoms with van der Waals surface area (Å²) >= 11 is 6.17. The number of carbonyl (C=O) groups is 1. The number of ether oxygens (including phenoxy) is 1. The Labute approximate surface area is 167 Å². The molecule has 0 aliphatic heterocycles. The number of benzene rings is 2. The topological polar surface area (TPSA) is 59.8 Å². The third-order valence-electron chi connectivity index (χ3n) is 4.38. The molecule has 0 aliphatic carbocycles. The smallest absolute Gasteiger partial charge is 0.336 e. The fourth-order valence-electron chi connectivity index (χ4n) is 2.87. The van der Waals surface area contributed by atoms with Gasteiger partial charge >= 0.3 is 11.6 Å². The molecule has 0 amide bonds. The summed E-state index contributed by atoms with van der Waals surface area (Å²) in [4.78, 5) is 25.7. The standard InChI is InChI=1S/C21H19ClFNO4/c1-4-27-21(26)12(2)24(3)14-6-8-16-17(11-20(25)28-19(16)10-14)15-7-5-13(23)9-18(15)22/h5-12H,4H2,1-3H3/t12-/m0/s1/i3D. The minimum Gasteiger partial charge on any atom is -0.464 e. The van der Waals surface area contributed by atoms with Crippen molar-refractivity contribution in [2.75, 3.05) is 18.5 Å². The first kappa shape index (κ1) is 18.5. The first-order valence-electron chi connectivity index (χ1n) is 9.32.